The van der Waals surface area contributed by atoms with Crippen molar-refractivity contribution in [1.29, 1.82) is 0 Å². The lowest BCUT2D eigenvalue weighted by Gasteiger charge is -2.11. The molecule has 0 saturated heterocycles. The van der Waals surface area contributed by atoms with E-state index in [1.54, 1.807) is 33.2 Å². The van der Waals surface area contributed by atoms with Crippen LogP contribution in [0, 0.1) is 12.7 Å². The molecule has 98 valence electrons. The van der Waals surface area contributed by atoms with Crippen LogP contribution in [-0.4, -0.2) is 37.5 Å². The highest BCUT2D eigenvalue weighted by atomic mass is 19.1. The molecule has 0 heterocycles. The molecule has 0 radical (unpaired) electrons. The molecule has 0 spiro atoms. The molecule has 1 rings (SSSR count). The highest BCUT2D eigenvalue weighted by Crippen LogP contribution is 2.13. The Morgan fingerprint density at radius 2 is 2.00 bits per heavy atom. The number of carbonyl (C=O) groups is 2. The molecule has 6 heteroatoms. The number of hydrogen-bond acceptors (Lipinski definition) is 2. The minimum Gasteiger partial charge on any atom is -0.347 e. The van der Waals surface area contributed by atoms with E-state index in [0.717, 1.165) is 0 Å². The molecule has 0 unspecified atom stereocenters. The van der Waals surface area contributed by atoms with Gasteiger partial charge in [0.05, 0.1) is 6.54 Å². The van der Waals surface area contributed by atoms with Crippen molar-refractivity contribution in [2.45, 2.75) is 6.92 Å². The maximum atomic E-state index is 13.2. The van der Waals surface area contributed by atoms with Crippen molar-refractivity contribution in [3.8, 4) is 0 Å². The highest BCUT2D eigenvalue weighted by Gasteiger charge is 2.07. The second kappa shape index (κ2) is 6.00. The summed E-state index contributed by atoms with van der Waals surface area (Å²) in [7, 11) is 3.19. The van der Waals surface area contributed by atoms with Crippen LogP contribution in [0.2, 0.25) is 0 Å². The molecule has 5 nitrogen and oxygen atoms in total. The van der Waals surface area contributed by atoms with E-state index in [-0.39, 0.29) is 12.5 Å². The van der Waals surface area contributed by atoms with Crippen molar-refractivity contribution in [3.05, 3.63) is 29.6 Å². The predicted molar refractivity (Wildman–Crippen MR) is 66.9 cm³/mol. The fourth-order valence-electron chi connectivity index (χ4n) is 1.16. The number of amides is 3. The van der Waals surface area contributed by atoms with Crippen LogP contribution < -0.4 is 10.6 Å². The zero-order chi connectivity index (χ0) is 13.7. The largest absolute Gasteiger partial charge is 0.347 e. The zero-order valence-electron chi connectivity index (χ0n) is 10.6. The van der Waals surface area contributed by atoms with Gasteiger partial charge >= 0.3 is 6.03 Å². The quantitative estimate of drug-likeness (QED) is 0.854. The van der Waals surface area contributed by atoms with Gasteiger partial charge in [-0.25, -0.2) is 9.18 Å². The van der Waals surface area contributed by atoms with Crippen LogP contribution in [0.4, 0.5) is 14.9 Å². The first-order chi connectivity index (χ1) is 8.40. The molecule has 2 N–H and O–H groups in total. The van der Waals surface area contributed by atoms with Gasteiger partial charge in [0.2, 0.25) is 5.91 Å². The average molecular weight is 253 g/mol. The minimum atomic E-state index is -0.548. The van der Waals surface area contributed by atoms with Gasteiger partial charge in [-0.15, -0.1) is 0 Å². The number of anilines is 1. The first-order valence-electron chi connectivity index (χ1n) is 5.41. The highest BCUT2D eigenvalue weighted by molar-refractivity contribution is 5.92. The first kappa shape index (κ1) is 14.0. The molecule has 0 atom stereocenters. The Kier molecular flexibility index (Phi) is 4.65. The Morgan fingerprint density at radius 3 is 2.56 bits per heavy atom. The lowest BCUT2D eigenvalue weighted by molar-refractivity contribution is -0.127. The van der Waals surface area contributed by atoms with Crippen LogP contribution in [0.5, 0.6) is 0 Å². The third-order valence-electron chi connectivity index (χ3n) is 2.33. The smallest absolute Gasteiger partial charge is 0.319 e. The number of halogens is 1. The third-order valence-corrected chi connectivity index (χ3v) is 2.33. The van der Waals surface area contributed by atoms with Gasteiger partial charge in [-0.1, -0.05) is 6.07 Å². The zero-order valence-corrected chi connectivity index (χ0v) is 10.6. The third kappa shape index (κ3) is 4.04. The van der Waals surface area contributed by atoms with E-state index in [1.165, 1.54) is 11.0 Å². The van der Waals surface area contributed by atoms with Gasteiger partial charge < -0.3 is 15.5 Å². The lowest BCUT2D eigenvalue weighted by atomic mass is 10.2. The maximum Gasteiger partial charge on any atom is 0.319 e. The van der Waals surface area contributed by atoms with Crippen molar-refractivity contribution >= 4 is 17.6 Å². The van der Waals surface area contributed by atoms with E-state index in [2.05, 4.69) is 10.6 Å². The monoisotopic (exact) mass is 253 g/mol. The normalized spacial score (nSPS) is 9.78. The van der Waals surface area contributed by atoms with E-state index in [1.807, 2.05) is 0 Å². The van der Waals surface area contributed by atoms with Crippen LogP contribution in [-0.2, 0) is 4.79 Å². The number of benzene rings is 1. The Labute approximate surface area is 105 Å². The van der Waals surface area contributed by atoms with Crippen LogP contribution in [0.3, 0.4) is 0 Å². The Hall–Kier alpha value is -2.11. The standard InChI is InChI=1S/C12H16FN3O2/c1-8-4-5-9(6-10(8)13)15-12(18)14-7-11(17)16(2)3/h4-6H,7H2,1-3H3,(H2,14,15,18). The summed E-state index contributed by atoms with van der Waals surface area (Å²) in [5, 5.41) is 4.83. The fourth-order valence-corrected chi connectivity index (χ4v) is 1.16. The van der Waals surface area contributed by atoms with Crippen LogP contribution in [0.15, 0.2) is 18.2 Å². The van der Waals surface area contributed by atoms with Crippen molar-refractivity contribution < 1.29 is 14.0 Å². The minimum absolute atomic E-state index is 0.104. The maximum absolute atomic E-state index is 13.2. The Bertz CT molecular complexity index is 461. The molecule has 0 fully saturated rings. The molecule has 0 aromatic heterocycles. The van der Waals surface area contributed by atoms with E-state index in [9.17, 15) is 14.0 Å². The molecule has 1 aromatic rings. The molecule has 0 bridgehead atoms. The summed E-state index contributed by atoms with van der Waals surface area (Å²) < 4.78 is 13.2. The number of likely N-dealkylation sites (N-methyl/N-ethyl adjacent to an activating group) is 1. The molecule has 0 saturated carbocycles. The van der Waals surface area contributed by atoms with E-state index in [4.69, 9.17) is 0 Å². The van der Waals surface area contributed by atoms with E-state index in [0.29, 0.717) is 11.3 Å². The average Bonchev–Trinajstić information content (AvgIpc) is 2.30. The molecule has 0 aliphatic rings. The number of aryl methyl sites for hydroxylation is 1. The number of nitrogens with zero attached hydrogens (tertiary/aromatic N) is 1. The summed E-state index contributed by atoms with van der Waals surface area (Å²) in [4.78, 5) is 24.0. The molecule has 0 aliphatic heterocycles. The molecule has 0 aliphatic carbocycles. The van der Waals surface area contributed by atoms with Crippen molar-refractivity contribution in [3.63, 3.8) is 0 Å². The van der Waals surface area contributed by atoms with Gasteiger partial charge in [-0.3, -0.25) is 4.79 Å². The van der Waals surface area contributed by atoms with Crippen molar-refractivity contribution in [2.24, 2.45) is 0 Å². The first-order valence-corrected chi connectivity index (χ1v) is 5.41. The van der Waals surface area contributed by atoms with E-state index >= 15 is 0 Å². The topological polar surface area (TPSA) is 61.4 Å². The van der Waals surface area contributed by atoms with E-state index < -0.39 is 11.8 Å². The molecule has 3 amide bonds. The van der Waals surface area contributed by atoms with Gasteiger partial charge in [0.25, 0.3) is 0 Å². The summed E-state index contributed by atoms with van der Waals surface area (Å²) in [5.74, 6) is -0.614. The van der Waals surface area contributed by atoms with Gasteiger partial charge in [-0.05, 0) is 24.6 Å². The summed E-state index contributed by atoms with van der Waals surface area (Å²) >= 11 is 0. The molecular weight excluding hydrogens is 237 g/mol. The summed E-state index contributed by atoms with van der Waals surface area (Å²) in [6.07, 6.45) is 0. The van der Waals surface area contributed by atoms with Gasteiger partial charge in [0, 0.05) is 19.8 Å². The lowest BCUT2D eigenvalue weighted by Crippen LogP contribution is -2.38. The summed E-state index contributed by atoms with van der Waals surface area (Å²) in [5.41, 5.74) is 0.844. The predicted octanol–water partition coefficient (Wildman–Crippen LogP) is 1.34. The number of urea groups is 1. The van der Waals surface area contributed by atoms with Crippen molar-refractivity contribution in [2.75, 3.05) is 26.0 Å². The van der Waals surface area contributed by atoms with Gasteiger partial charge in [0.15, 0.2) is 0 Å². The Morgan fingerprint density at radius 1 is 1.33 bits per heavy atom. The van der Waals surface area contributed by atoms with Gasteiger partial charge in [0.1, 0.15) is 5.82 Å². The van der Waals surface area contributed by atoms with Gasteiger partial charge in [-0.2, -0.15) is 0 Å². The molecule has 1 aromatic carbocycles. The number of nitrogens with one attached hydrogen (secondary N) is 2. The number of hydrogen-bond donors (Lipinski definition) is 2. The van der Waals surface area contributed by atoms with Crippen LogP contribution >= 0.6 is 0 Å². The summed E-state index contributed by atoms with van der Waals surface area (Å²) in [6, 6.07) is 3.83. The fraction of sp³-hybridized carbons (Fsp3) is 0.333. The van der Waals surface area contributed by atoms with Crippen molar-refractivity contribution in [1.82, 2.24) is 10.2 Å². The number of carbonyl (C=O) groups excluding carboxylic acids is 2. The summed E-state index contributed by atoms with van der Waals surface area (Å²) in [6.45, 7) is 1.53. The second-order valence-electron chi connectivity index (χ2n) is 4.06. The van der Waals surface area contributed by atoms with Crippen LogP contribution in [0.1, 0.15) is 5.56 Å². The molecular formula is C12H16FN3O2. The van der Waals surface area contributed by atoms with Crippen LogP contribution in [0.25, 0.3) is 0 Å². The second-order valence-corrected chi connectivity index (χ2v) is 4.06. The molecule has 18 heavy (non-hydrogen) atoms. The SMILES string of the molecule is Cc1ccc(NC(=O)NCC(=O)N(C)C)cc1F. The number of rotatable bonds is 3. The Balaban J connectivity index is 2.49.